The van der Waals surface area contributed by atoms with Gasteiger partial charge in [-0.05, 0) is 31.4 Å². The van der Waals surface area contributed by atoms with Gasteiger partial charge >= 0.3 is 0 Å². The second kappa shape index (κ2) is 7.57. The van der Waals surface area contributed by atoms with Crippen LogP contribution < -0.4 is 0 Å². The molecule has 1 aliphatic rings. The molecule has 1 fully saturated rings. The van der Waals surface area contributed by atoms with Crippen LogP contribution in [0.4, 0.5) is 0 Å². The zero-order chi connectivity index (χ0) is 16.9. The maximum absolute atomic E-state index is 12.7. The average molecular weight is 329 g/mol. The number of pyridine rings is 1. The van der Waals surface area contributed by atoms with Gasteiger partial charge < -0.3 is 14.1 Å². The highest BCUT2D eigenvalue weighted by Gasteiger charge is 2.28. The van der Waals surface area contributed by atoms with E-state index >= 15 is 0 Å². The molecule has 0 spiro atoms. The third kappa shape index (κ3) is 3.82. The Hall–Kier alpha value is -2.21. The lowest BCUT2D eigenvalue weighted by Crippen LogP contribution is -2.43. The minimum Gasteiger partial charge on any atom is -0.435 e. The van der Waals surface area contributed by atoms with Crippen LogP contribution in [0.15, 0.2) is 28.9 Å². The van der Waals surface area contributed by atoms with Crippen molar-refractivity contribution in [3.05, 3.63) is 47.4 Å². The van der Waals surface area contributed by atoms with E-state index in [-0.39, 0.29) is 12.0 Å². The lowest BCUT2D eigenvalue weighted by molar-refractivity contribution is -0.00768. The van der Waals surface area contributed by atoms with E-state index in [4.69, 9.17) is 9.15 Å². The molecule has 0 bridgehead atoms. The minimum atomic E-state index is -0.0885. The van der Waals surface area contributed by atoms with E-state index in [9.17, 15) is 4.79 Å². The average Bonchev–Trinajstić information content (AvgIpc) is 3.01. The van der Waals surface area contributed by atoms with Crippen LogP contribution in [0.3, 0.4) is 0 Å². The summed E-state index contributed by atoms with van der Waals surface area (Å²) in [4.78, 5) is 22.9. The zero-order valence-corrected chi connectivity index (χ0v) is 14.2. The molecule has 6 nitrogen and oxygen atoms in total. The Morgan fingerprint density at radius 3 is 3.08 bits per heavy atom. The molecule has 0 aromatic carbocycles. The van der Waals surface area contributed by atoms with Crippen molar-refractivity contribution in [1.82, 2.24) is 14.9 Å². The van der Waals surface area contributed by atoms with Crippen LogP contribution in [-0.4, -0.2) is 40.0 Å². The standard InChI is InChI=1S/C18H23N3O3/c1-3-16-20-13(2)17(24-16)18(22)21-9-5-7-15(11-21)23-12-14-6-4-8-19-10-14/h4,6,8,10,15H,3,5,7,9,11-12H2,1-2H3/t15-/m1/s1. The molecule has 128 valence electrons. The lowest BCUT2D eigenvalue weighted by atomic mass is 10.1. The van der Waals surface area contributed by atoms with Crippen LogP contribution in [-0.2, 0) is 17.8 Å². The molecule has 1 amide bonds. The number of hydrogen-bond acceptors (Lipinski definition) is 5. The fourth-order valence-electron chi connectivity index (χ4n) is 2.90. The number of ether oxygens (including phenoxy) is 1. The first-order valence-electron chi connectivity index (χ1n) is 8.43. The minimum absolute atomic E-state index is 0.0387. The number of carbonyl (C=O) groups is 1. The summed E-state index contributed by atoms with van der Waals surface area (Å²) in [5.74, 6) is 0.881. The Bertz CT molecular complexity index is 684. The molecule has 0 N–H and O–H groups in total. The smallest absolute Gasteiger partial charge is 0.291 e. The van der Waals surface area contributed by atoms with Crippen molar-refractivity contribution in [2.24, 2.45) is 0 Å². The number of carbonyl (C=O) groups excluding carboxylic acids is 1. The second-order valence-electron chi connectivity index (χ2n) is 6.06. The summed E-state index contributed by atoms with van der Waals surface area (Å²) in [6.45, 7) is 5.61. The van der Waals surface area contributed by atoms with Crippen LogP contribution in [0, 0.1) is 6.92 Å². The number of likely N-dealkylation sites (tertiary alicyclic amines) is 1. The van der Waals surface area contributed by atoms with Crippen LogP contribution >= 0.6 is 0 Å². The fourth-order valence-corrected chi connectivity index (χ4v) is 2.90. The number of piperidine rings is 1. The Balaban J connectivity index is 1.60. The van der Waals surface area contributed by atoms with Crippen molar-refractivity contribution < 1.29 is 13.9 Å². The third-order valence-electron chi connectivity index (χ3n) is 4.21. The molecule has 3 rings (SSSR count). The van der Waals surface area contributed by atoms with Crippen molar-refractivity contribution in [1.29, 1.82) is 0 Å². The summed E-state index contributed by atoms with van der Waals surface area (Å²) in [5, 5.41) is 0. The van der Waals surface area contributed by atoms with Gasteiger partial charge in [0.2, 0.25) is 5.76 Å². The fraction of sp³-hybridized carbons (Fsp3) is 0.500. The largest absolute Gasteiger partial charge is 0.435 e. The molecule has 2 aromatic rings. The molecule has 3 heterocycles. The van der Waals surface area contributed by atoms with Crippen LogP contribution in [0.25, 0.3) is 0 Å². The molecule has 1 atom stereocenters. The number of amides is 1. The first kappa shape index (κ1) is 16.6. The normalized spacial score (nSPS) is 17.9. The van der Waals surface area contributed by atoms with Crippen LogP contribution in [0.2, 0.25) is 0 Å². The van der Waals surface area contributed by atoms with E-state index in [2.05, 4.69) is 9.97 Å². The maximum Gasteiger partial charge on any atom is 0.291 e. The van der Waals surface area contributed by atoms with Crippen molar-refractivity contribution >= 4 is 5.91 Å². The maximum atomic E-state index is 12.7. The number of nitrogens with zero attached hydrogens (tertiary/aromatic N) is 3. The van der Waals surface area contributed by atoms with Gasteiger partial charge in [0.1, 0.15) is 0 Å². The topological polar surface area (TPSA) is 68.5 Å². The van der Waals surface area contributed by atoms with E-state index in [0.29, 0.717) is 36.9 Å². The molecule has 0 saturated carbocycles. The van der Waals surface area contributed by atoms with Gasteiger partial charge in [-0.1, -0.05) is 13.0 Å². The summed E-state index contributed by atoms with van der Waals surface area (Å²) in [5.41, 5.74) is 1.70. The molecule has 2 aromatic heterocycles. The number of aryl methyl sites for hydroxylation is 2. The Kier molecular flexibility index (Phi) is 5.25. The first-order valence-corrected chi connectivity index (χ1v) is 8.43. The highest BCUT2D eigenvalue weighted by atomic mass is 16.5. The zero-order valence-electron chi connectivity index (χ0n) is 14.2. The molecule has 0 unspecified atom stereocenters. The highest BCUT2D eigenvalue weighted by molar-refractivity contribution is 5.92. The van der Waals surface area contributed by atoms with Crippen LogP contribution in [0.5, 0.6) is 0 Å². The van der Waals surface area contributed by atoms with Crippen molar-refractivity contribution in [2.45, 2.75) is 45.8 Å². The second-order valence-corrected chi connectivity index (χ2v) is 6.06. The predicted octanol–water partition coefficient (Wildman–Crippen LogP) is 2.76. The molecule has 6 heteroatoms. The summed E-state index contributed by atoms with van der Waals surface area (Å²) in [6.07, 6.45) is 6.16. The van der Waals surface area contributed by atoms with Gasteiger partial charge in [0.25, 0.3) is 5.91 Å². The van der Waals surface area contributed by atoms with Gasteiger partial charge in [-0.2, -0.15) is 0 Å². The Labute approximate surface area is 141 Å². The number of hydrogen-bond donors (Lipinski definition) is 0. The molecule has 1 aliphatic heterocycles. The number of aromatic nitrogens is 2. The lowest BCUT2D eigenvalue weighted by Gasteiger charge is -2.32. The predicted molar refractivity (Wildman–Crippen MR) is 88.6 cm³/mol. The van der Waals surface area contributed by atoms with Crippen molar-refractivity contribution in [3.63, 3.8) is 0 Å². The van der Waals surface area contributed by atoms with E-state index < -0.39 is 0 Å². The quantitative estimate of drug-likeness (QED) is 0.844. The van der Waals surface area contributed by atoms with Gasteiger partial charge in [0.15, 0.2) is 5.89 Å². The van der Waals surface area contributed by atoms with Gasteiger partial charge in [0, 0.05) is 31.9 Å². The first-order chi connectivity index (χ1) is 11.7. The summed E-state index contributed by atoms with van der Waals surface area (Å²) in [7, 11) is 0. The highest BCUT2D eigenvalue weighted by Crippen LogP contribution is 2.19. The molecule has 1 saturated heterocycles. The van der Waals surface area contributed by atoms with Gasteiger partial charge in [-0.25, -0.2) is 4.98 Å². The Morgan fingerprint density at radius 1 is 1.50 bits per heavy atom. The number of oxazole rings is 1. The summed E-state index contributed by atoms with van der Waals surface area (Å²) >= 11 is 0. The summed E-state index contributed by atoms with van der Waals surface area (Å²) in [6, 6.07) is 3.89. The van der Waals surface area contributed by atoms with Crippen molar-refractivity contribution in [3.8, 4) is 0 Å². The van der Waals surface area contributed by atoms with Crippen LogP contribution in [0.1, 0.15) is 47.5 Å². The van der Waals surface area contributed by atoms with E-state index in [1.165, 1.54) is 0 Å². The molecule has 0 aliphatic carbocycles. The molecule has 24 heavy (non-hydrogen) atoms. The van der Waals surface area contributed by atoms with Crippen molar-refractivity contribution in [2.75, 3.05) is 13.1 Å². The number of rotatable bonds is 5. The Morgan fingerprint density at radius 2 is 2.38 bits per heavy atom. The van der Waals surface area contributed by atoms with E-state index in [0.717, 1.165) is 24.9 Å². The SMILES string of the molecule is CCc1nc(C)c(C(=O)N2CCC[C@@H](OCc3cccnc3)C2)o1. The monoisotopic (exact) mass is 329 g/mol. The van der Waals surface area contributed by atoms with Gasteiger partial charge in [-0.3, -0.25) is 9.78 Å². The molecule has 0 radical (unpaired) electrons. The van der Waals surface area contributed by atoms with E-state index in [1.807, 2.05) is 30.9 Å². The van der Waals surface area contributed by atoms with Gasteiger partial charge in [-0.15, -0.1) is 0 Å². The third-order valence-corrected chi connectivity index (χ3v) is 4.21. The van der Waals surface area contributed by atoms with E-state index in [1.54, 1.807) is 12.4 Å². The van der Waals surface area contributed by atoms with Gasteiger partial charge in [0.05, 0.1) is 18.4 Å². The molecular formula is C18H23N3O3. The summed E-state index contributed by atoms with van der Waals surface area (Å²) < 4.78 is 11.6. The molecular weight excluding hydrogens is 306 g/mol.